The molecule has 138 valence electrons. The zero-order valence-corrected chi connectivity index (χ0v) is 15.7. The number of amides is 2. The molecule has 1 aromatic heterocycles. The molecule has 2 amide bonds. The largest absolute Gasteiger partial charge is 0.349 e. The van der Waals surface area contributed by atoms with Crippen molar-refractivity contribution in [2.24, 2.45) is 5.92 Å². The molecule has 2 heterocycles. The maximum Gasteiger partial charge on any atom is 0.225 e. The van der Waals surface area contributed by atoms with Gasteiger partial charge in [-0.3, -0.25) is 9.59 Å². The van der Waals surface area contributed by atoms with Gasteiger partial charge in [-0.1, -0.05) is 42.5 Å². The molecule has 0 bridgehead atoms. The van der Waals surface area contributed by atoms with Gasteiger partial charge in [-0.15, -0.1) is 11.3 Å². The van der Waals surface area contributed by atoms with Crippen LogP contribution in [0.2, 0.25) is 0 Å². The first-order chi connectivity index (χ1) is 13.2. The summed E-state index contributed by atoms with van der Waals surface area (Å²) in [4.78, 5) is 31.1. The number of hydrogen-bond acceptors (Lipinski definition) is 4. The summed E-state index contributed by atoms with van der Waals surface area (Å²) in [6, 6.07) is 18.0. The summed E-state index contributed by atoms with van der Waals surface area (Å²) in [5.41, 5.74) is 2.16. The standard InChI is InChI=1S/C21H21N3O2S/c25-20-12-16(14-24(20)11-10-15-6-2-1-3-7-15)21(26)22-13-19-23-17-8-4-5-9-18(17)27-19/h1-9,16H,10-14H2,(H,22,26). The summed E-state index contributed by atoms with van der Waals surface area (Å²) >= 11 is 1.59. The van der Waals surface area contributed by atoms with Crippen LogP contribution in [0.5, 0.6) is 0 Å². The van der Waals surface area contributed by atoms with Gasteiger partial charge in [0.15, 0.2) is 0 Å². The number of carbonyl (C=O) groups excluding carboxylic acids is 2. The average Bonchev–Trinajstić information content (AvgIpc) is 3.28. The zero-order valence-electron chi connectivity index (χ0n) is 14.9. The third kappa shape index (κ3) is 4.17. The Morgan fingerprint density at radius 2 is 1.93 bits per heavy atom. The van der Waals surface area contributed by atoms with Crippen LogP contribution in [0.4, 0.5) is 0 Å². The summed E-state index contributed by atoms with van der Waals surface area (Å²) in [6.07, 6.45) is 1.10. The summed E-state index contributed by atoms with van der Waals surface area (Å²) < 4.78 is 1.12. The Labute approximate surface area is 162 Å². The Morgan fingerprint density at radius 1 is 1.15 bits per heavy atom. The van der Waals surface area contributed by atoms with Crippen molar-refractivity contribution in [3.63, 3.8) is 0 Å². The quantitative estimate of drug-likeness (QED) is 0.716. The third-order valence-corrected chi connectivity index (χ3v) is 5.89. The monoisotopic (exact) mass is 379 g/mol. The van der Waals surface area contributed by atoms with E-state index in [1.54, 1.807) is 16.2 Å². The van der Waals surface area contributed by atoms with E-state index in [1.165, 1.54) is 5.56 Å². The smallest absolute Gasteiger partial charge is 0.225 e. The second-order valence-corrected chi connectivity index (χ2v) is 7.88. The highest BCUT2D eigenvalue weighted by molar-refractivity contribution is 7.18. The van der Waals surface area contributed by atoms with Gasteiger partial charge in [-0.2, -0.15) is 0 Å². The van der Waals surface area contributed by atoms with Crippen molar-refractivity contribution in [1.82, 2.24) is 15.2 Å². The maximum absolute atomic E-state index is 12.5. The van der Waals surface area contributed by atoms with Gasteiger partial charge in [0.25, 0.3) is 0 Å². The van der Waals surface area contributed by atoms with Crippen molar-refractivity contribution in [2.45, 2.75) is 19.4 Å². The Morgan fingerprint density at radius 3 is 2.74 bits per heavy atom. The molecule has 2 aromatic carbocycles. The Hall–Kier alpha value is -2.73. The minimum absolute atomic E-state index is 0.0612. The van der Waals surface area contributed by atoms with E-state index in [4.69, 9.17) is 0 Å². The number of rotatable bonds is 6. The minimum atomic E-state index is -0.275. The number of hydrogen-bond donors (Lipinski definition) is 1. The first kappa shape index (κ1) is 17.7. The third-order valence-electron chi connectivity index (χ3n) is 4.85. The van der Waals surface area contributed by atoms with Gasteiger partial charge in [0.1, 0.15) is 5.01 Å². The molecule has 0 saturated carbocycles. The van der Waals surface area contributed by atoms with Crippen molar-refractivity contribution in [3.8, 4) is 0 Å². The fourth-order valence-electron chi connectivity index (χ4n) is 3.38. The van der Waals surface area contributed by atoms with E-state index in [1.807, 2.05) is 42.5 Å². The summed E-state index contributed by atoms with van der Waals surface area (Å²) in [6.45, 7) is 1.56. The topological polar surface area (TPSA) is 62.3 Å². The van der Waals surface area contributed by atoms with Crippen LogP contribution in [0.1, 0.15) is 17.0 Å². The molecule has 1 atom stereocenters. The molecule has 1 aliphatic heterocycles. The number of fused-ring (bicyclic) bond motifs is 1. The normalized spacial score (nSPS) is 16.8. The highest BCUT2D eigenvalue weighted by atomic mass is 32.1. The number of likely N-dealkylation sites (tertiary alicyclic amines) is 1. The highest BCUT2D eigenvalue weighted by Crippen LogP contribution is 2.22. The molecule has 0 spiro atoms. The van der Waals surface area contributed by atoms with Gasteiger partial charge >= 0.3 is 0 Å². The van der Waals surface area contributed by atoms with E-state index in [0.29, 0.717) is 26.1 Å². The fourth-order valence-corrected chi connectivity index (χ4v) is 4.28. The predicted octanol–water partition coefficient (Wildman–Crippen LogP) is 3.00. The van der Waals surface area contributed by atoms with E-state index in [9.17, 15) is 9.59 Å². The molecule has 1 aliphatic rings. The maximum atomic E-state index is 12.5. The van der Waals surface area contributed by atoms with Crippen molar-refractivity contribution in [2.75, 3.05) is 13.1 Å². The molecular formula is C21H21N3O2S. The second kappa shape index (κ2) is 7.88. The SMILES string of the molecule is O=C(NCc1nc2ccccc2s1)C1CC(=O)N(CCc2ccccc2)C1. The number of carbonyl (C=O) groups is 2. The van der Waals surface area contributed by atoms with Crippen molar-refractivity contribution in [3.05, 3.63) is 65.2 Å². The van der Waals surface area contributed by atoms with Crippen LogP contribution in [-0.2, 0) is 22.6 Å². The molecule has 0 aliphatic carbocycles. The Balaban J connectivity index is 1.29. The van der Waals surface area contributed by atoms with Gasteiger partial charge in [-0.05, 0) is 24.1 Å². The van der Waals surface area contributed by atoms with Crippen LogP contribution in [0, 0.1) is 5.92 Å². The van der Waals surface area contributed by atoms with Gasteiger partial charge in [-0.25, -0.2) is 4.98 Å². The first-order valence-electron chi connectivity index (χ1n) is 9.13. The van der Waals surface area contributed by atoms with Gasteiger partial charge in [0.05, 0.1) is 22.7 Å². The van der Waals surface area contributed by atoms with Gasteiger partial charge in [0, 0.05) is 19.5 Å². The van der Waals surface area contributed by atoms with Crippen LogP contribution in [0.25, 0.3) is 10.2 Å². The molecular weight excluding hydrogens is 358 g/mol. The number of benzene rings is 2. The number of nitrogens with one attached hydrogen (secondary N) is 1. The summed E-state index contributed by atoms with van der Waals surface area (Å²) in [5.74, 6) is -0.279. The van der Waals surface area contributed by atoms with Gasteiger partial charge < -0.3 is 10.2 Å². The Bertz CT molecular complexity index is 921. The highest BCUT2D eigenvalue weighted by Gasteiger charge is 2.33. The molecule has 27 heavy (non-hydrogen) atoms. The number of nitrogens with zero attached hydrogens (tertiary/aromatic N) is 2. The predicted molar refractivity (Wildman–Crippen MR) is 106 cm³/mol. The van der Waals surface area contributed by atoms with Crippen LogP contribution in [-0.4, -0.2) is 34.8 Å². The van der Waals surface area contributed by atoms with E-state index < -0.39 is 0 Å². The van der Waals surface area contributed by atoms with Crippen molar-refractivity contribution in [1.29, 1.82) is 0 Å². The Kier molecular flexibility index (Phi) is 5.16. The molecule has 4 rings (SSSR count). The molecule has 1 N–H and O–H groups in total. The van der Waals surface area contributed by atoms with Crippen molar-refractivity contribution >= 4 is 33.4 Å². The minimum Gasteiger partial charge on any atom is -0.349 e. The lowest BCUT2D eigenvalue weighted by Crippen LogP contribution is -2.33. The van der Waals surface area contributed by atoms with Crippen LogP contribution >= 0.6 is 11.3 Å². The molecule has 3 aromatic rings. The molecule has 1 saturated heterocycles. The first-order valence-corrected chi connectivity index (χ1v) is 9.94. The average molecular weight is 379 g/mol. The zero-order chi connectivity index (χ0) is 18.6. The van der Waals surface area contributed by atoms with Crippen LogP contribution in [0.15, 0.2) is 54.6 Å². The molecule has 0 radical (unpaired) electrons. The lowest BCUT2D eigenvalue weighted by Gasteiger charge is -2.16. The van der Waals surface area contributed by atoms with Crippen LogP contribution in [0.3, 0.4) is 0 Å². The number of para-hydroxylation sites is 1. The van der Waals surface area contributed by atoms with Crippen molar-refractivity contribution < 1.29 is 9.59 Å². The molecule has 1 fully saturated rings. The second-order valence-electron chi connectivity index (χ2n) is 6.77. The van der Waals surface area contributed by atoms with E-state index in [0.717, 1.165) is 21.6 Å². The lowest BCUT2D eigenvalue weighted by molar-refractivity contribution is -0.129. The molecule has 1 unspecified atom stereocenters. The molecule has 5 nitrogen and oxygen atoms in total. The summed E-state index contributed by atoms with van der Waals surface area (Å²) in [7, 11) is 0. The summed E-state index contributed by atoms with van der Waals surface area (Å²) in [5, 5.41) is 3.83. The number of aromatic nitrogens is 1. The van der Waals surface area contributed by atoms with E-state index >= 15 is 0 Å². The fraction of sp³-hybridized carbons (Fsp3) is 0.286. The lowest BCUT2D eigenvalue weighted by atomic mass is 10.1. The molecule has 6 heteroatoms. The van der Waals surface area contributed by atoms with Gasteiger partial charge in [0.2, 0.25) is 11.8 Å². The van der Waals surface area contributed by atoms with E-state index in [2.05, 4.69) is 22.4 Å². The van der Waals surface area contributed by atoms with Crippen LogP contribution < -0.4 is 5.32 Å². The number of thiazole rings is 1. The van der Waals surface area contributed by atoms with E-state index in [-0.39, 0.29) is 17.7 Å².